The molecule has 3 aromatic rings. The predicted molar refractivity (Wildman–Crippen MR) is 126 cm³/mol. The number of benzene rings is 3. The van der Waals surface area contributed by atoms with Gasteiger partial charge in [0.15, 0.2) is 0 Å². The Morgan fingerprint density at radius 2 is 1.55 bits per heavy atom. The Balaban J connectivity index is 1.48. The Kier molecular flexibility index (Phi) is 8.53. The maximum Gasteiger partial charge on any atom is 0.259 e. The molecule has 1 amide bonds. The molecule has 0 radical (unpaired) electrons. The lowest BCUT2D eigenvalue weighted by Crippen LogP contribution is -2.14. The van der Waals surface area contributed by atoms with Crippen molar-refractivity contribution in [3.05, 3.63) is 90.0 Å². The Labute approximate surface area is 185 Å². The first-order chi connectivity index (χ1) is 15.1. The molecule has 0 saturated heterocycles. The third kappa shape index (κ3) is 7.49. The lowest BCUT2D eigenvalue weighted by Gasteiger charge is -2.13. The van der Waals surface area contributed by atoms with Crippen molar-refractivity contribution in [2.45, 2.75) is 33.1 Å². The highest BCUT2D eigenvalue weighted by Crippen LogP contribution is 2.22. The van der Waals surface area contributed by atoms with Gasteiger partial charge in [0.2, 0.25) is 0 Å². The lowest BCUT2D eigenvalue weighted by atomic mass is 10.1. The summed E-state index contributed by atoms with van der Waals surface area (Å²) in [4.78, 5) is 12.7. The largest absolute Gasteiger partial charge is 0.494 e. The normalized spacial score (nSPS) is 10.7. The van der Waals surface area contributed by atoms with Gasteiger partial charge in [-0.3, -0.25) is 4.79 Å². The molecule has 31 heavy (non-hydrogen) atoms. The van der Waals surface area contributed by atoms with E-state index in [2.05, 4.69) is 43.4 Å². The van der Waals surface area contributed by atoms with Gasteiger partial charge in [0.1, 0.15) is 11.5 Å². The molecule has 0 heterocycles. The van der Waals surface area contributed by atoms with Crippen LogP contribution in [0.25, 0.3) is 0 Å². The SMILES string of the molecule is CC(C)CCOc1ccccc1C(=O)Nc1ccc(OCCCc2ccccc2)cc1. The van der Waals surface area contributed by atoms with Crippen LogP contribution in [-0.4, -0.2) is 19.1 Å². The monoisotopic (exact) mass is 417 g/mol. The van der Waals surface area contributed by atoms with Crippen LogP contribution < -0.4 is 14.8 Å². The van der Waals surface area contributed by atoms with Crippen molar-refractivity contribution in [2.24, 2.45) is 5.92 Å². The minimum Gasteiger partial charge on any atom is -0.494 e. The predicted octanol–water partition coefficient (Wildman–Crippen LogP) is 6.38. The highest BCUT2D eigenvalue weighted by atomic mass is 16.5. The average molecular weight is 418 g/mol. The van der Waals surface area contributed by atoms with Gasteiger partial charge in [0, 0.05) is 5.69 Å². The molecule has 0 spiro atoms. The molecule has 4 heteroatoms. The van der Waals surface area contributed by atoms with Crippen LogP contribution in [0.5, 0.6) is 11.5 Å². The zero-order chi connectivity index (χ0) is 21.9. The van der Waals surface area contributed by atoms with Crippen LogP contribution in [0.2, 0.25) is 0 Å². The first-order valence-electron chi connectivity index (χ1n) is 10.9. The van der Waals surface area contributed by atoms with Gasteiger partial charge in [-0.05, 0) is 67.1 Å². The molecular formula is C27H31NO3. The molecule has 162 valence electrons. The molecule has 3 rings (SSSR count). The number of ether oxygens (including phenoxy) is 2. The number of carbonyl (C=O) groups excluding carboxylic acids is 1. The molecular weight excluding hydrogens is 386 g/mol. The Bertz CT molecular complexity index is 936. The maximum absolute atomic E-state index is 12.7. The van der Waals surface area contributed by atoms with E-state index >= 15 is 0 Å². The third-order valence-corrected chi connectivity index (χ3v) is 4.92. The summed E-state index contributed by atoms with van der Waals surface area (Å²) in [6.07, 6.45) is 2.90. The summed E-state index contributed by atoms with van der Waals surface area (Å²) in [5, 5.41) is 2.94. The average Bonchev–Trinajstić information content (AvgIpc) is 2.78. The van der Waals surface area contributed by atoms with Crippen molar-refractivity contribution < 1.29 is 14.3 Å². The molecule has 0 saturated carbocycles. The van der Waals surface area contributed by atoms with Crippen molar-refractivity contribution >= 4 is 11.6 Å². The van der Waals surface area contributed by atoms with Crippen molar-refractivity contribution in [1.82, 2.24) is 0 Å². The van der Waals surface area contributed by atoms with Crippen molar-refractivity contribution in [3.63, 3.8) is 0 Å². The number of amides is 1. The Morgan fingerprint density at radius 3 is 2.29 bits per heavy atom. The van der Waals surface area contributed by atoms with Gasteiger partial charge in [-0.15, -0.1) is 0 Å². The summed E-state index contributed by atoms with van der Waals surface area (Å²) >= 11 is 0. The molecule has 0 aromatic heterocycles. The minimum atomic E-state index is -0.184. The molecule has 3 aromatic carbocycles. The molecule has 4 nitrogen and oxygen atoms in total. The number of nitrogens with one attached hydrogen (secondary N) is 1. The van der Waals surface area contributed by atoms with Crippen LogP contribution in [0.15, 0.2) is 78.9 Å². The fraction of sp³-hybridized carbons (Fsp3) is 0.296. The van der Waals surface area contributed by atoms with Crippen LogP contribution in [0, 0.1) is 5.92 Å². The summed E-state index contributed by atoms with van der Waals surface area (Å²) in [6.45, 7) is 5.55. The van der Waals surface area contributed by atoms with Crippen molar-refractivity contribution in [1.29, 1.82) is 0 Å². The number of hydrogen-bond donors (Lipinski definition) is 1. The second-order valence-electron chi connectivity index (χ2n) is 7.94. The number of hydrogen-bond acceptors (Lipinski definition) is 3. The highest BCUT2D eigenvalue weighted by molar-refractivity contribution is 6.06. The smallest absolute Gasteiger partial charge is 0.259 e. The Morgan fingerprint density at radius 1 is 0.839 bits per heavy atom. The molecule has 0 unspecified atom stereocenters. The van der Waals surface area contributed by atoms with E-state index in [1.807, 2.05) is 48.5 Å². The summed E-state index contributed by atoms with van der Waals surface area (Å²) < 4.78 is 11.7. The first kappa shape index (κ1) is 22.4. The number of para-hydroxylation sites is 1. The molecule has 0 aliphatic heterocycles. The number of anilines is 1. The second kappa shape index (κ2) is 11.8. The third-order valence-electron chi connectivity index (χ3n) is 4.92. The minimum absolute atomic E-state index is 0.184. The summed E-state index contributed by atoms with van der Waals surface area (Å²) in [7, 11) is 0. The van der Waals surface area contributed by atoms with Crippen molar-refractivity contribution in [3.8, 4) is 11.5 Å². The van der Waals surface area contributed by atoms with Gasteiger partial charge in [0.25, 0.3) is 5.91 Å². The van der Waals surface area contributed by atoms with E-state index in [0.29, 0.717) is 30.4 Å². The fourth-order valence-electron chi connectivity index (χ4n) is 3.13. The molecule has 0 aliphatic rings. The topological polar surface area (TPSA) is 47.6 Å². The van der Waals surface area contributed by atoms with Gasteiger partial charge in [-0.2, -0.15) is 0 Å². The van der Waals surface area contributed by atoms with E-state index in [-0.39, 0.29) is 5.91 Å². The first-order valence-corrected chi connectivity index (χ1v) is 10.9. The zero-order valence-corrected chi connectivity index (χ0v) is 18.3. The Hall–Kier alpha value is -3.27. The lowest BCUT2D eigenvalue weighted by molar-refractivity contribution is 0.102. The maximum atomic E-state index is 12.7. The van der Waals surface area contributed by atoms with Crippen molar-refractivity contribution in [2.75, 3.05) is 18.5 Å². The molecule has 0 aliphatic carbocycles. The van der Waals surface area contributed by atoms with E-state index in [1.165, 1.54) is 5.56 Å². The summed E-state index contributed by atoms with van der Waals surface area (Å²) in [5.41, 5.74) is 2.57. The van der Waals surface area contributed by atoms with Crippen LogP contribution in [0.4, 0.5) is 5.69 Å². The quantitative estimate of drug-likeness (QED) is 0.369. The molecule has 0 bridgehead atoms. The molecule has 0 fully saturated rings. The van der Waals surface area contributed by atoms with E-state index in [9.17, 15) is 4.79 Å². The van der Waals surface area contributed by atoms with E-state index in [1.54, 1.807) is 6.07 Å². The number of aryl methyl sites for hydroxylation is 1. The zero-order valence-electron chi connectivity index (χ0n) is 18.3. The van der Waals surface area contributed by atoms with E-state index in [0.717, 1.165) is 30.7 Å². The molecule has 0 atom stereocenters. The fourth-order valence-corrected chi connectivity index (χ4v) is 3.13. The summed E-state index contributed by atoms with van der Waals surface area (Å²) in [6, 6.07) is 25.2. The van der Waals surface area contributed by atoms with Crippen LogP contribution in [0.3, 0.4) is 0 Å². The summed E-state index contributed by atoms with van der Waals surface area (Å²) in [5.74, 6) is 1.78. The molecule has 1 N–H and O–H groups in total. The standard InChI is InChI=1S/C27H31NO3/c1-21(2)18-20-31-26-13-7-6-12-25(26)27(29)28-23-14-16-24(17-15-23)30-19-8-11-22-9-4-3-5-10-22/h3-7,9-10,12-17,21H,8,11,18-20H2,1-2H3,(H,28,29). The van der Waals surface area contributed by atoms with Gasteiger partial charge in [-0.25, -0.2) is 0 Å². The van der Waals surface area contributed by atoms with Gasteiger partial charge >= 0.3 is 0 Å². The van der Waals surface area contributed by atoms with Crippen LogP contribution in [0.1, 0.15) is 42.6 Å². The second-order valence-corrected chi connectivity index (χ2v) is 7.94. The highest BCUT2D eigenvalue weighted by Gasteiger charge is 2.12. The van der Waals surface area contributed by atoms with Gasteiger partial charge < -0.3 is 14.8 Å². The van der Waals surface area contributed by atoms with Crippen LogP contribution >= 0.6 is 0 Å². The van der Waals surface area contributed by atoms with Crippen LogP contribution in [-0.2, 0) is 6.42 Å². The van der Waals surface area contributed by atoms with E-state index < -0.39 is 0 Å². The van der Waals surface area contributed by atoms with Gasteiger partial charge in [-0.1, -0.05) is 56.3 Å². The van der Waals surface area contributed by atoms with E-state index in [4.69, 9.17) is 9.47 Å². The number of carbonyl (C=O) groups is 1. The van der Waals surface area contributed by atoms with Gasteiger partial charge in [0.05, 0.1) is 18.8 Å². The number of rotatable bonds is 11.